The molecular formula is C13H14Br2F4O. The second-order valence-corrected chi connectivity index (χ2v) is 8.40. The van der Waals surface area contributed by atoms with Crippen LogP contribution in [0.5, 0.6) is 0 Å². The highest BCUT2D eigenvalue weighted by molar-refractivity contribution is 9.10. The third kappa shape index (κ3) is 3.20. The predicted molar refractivity (Wildman–Crippen MR) is 76.7 cm³/mol. The van der Waals surface area contributed by atoms with Crippen LogP contribution in [0.2, 0.25) is 0 Å². The maximum atomic E-state index is 14.1. The fourth-order valence-electron chi connectivity index (χ4n) is 2.01. The molecule has 1 rings (SSSR count). The monoisotopic (exact) mass is 420 g/mol. The van der Waals surface area contributed by atoms with Crippen molar-refractivity contribution >= 4 is 31.9 Å². The van der Waals surface area contributed by atoms with Gasteiger partial charge in [0, 0.05) is 10.4 Å². The molecule has 0 radical (unpaired) electrons. The first-order chi connectivity index (χ1) is 8.81. The second kappa shape index (κ2) is 5.57. The number of hydrogen-bond acceptors (Lipinski definition) is 1. The van der Waals surface area contributed by atoms with E-state index in [1.54, 1.807) is 20.8 Å². The fourth-order valence-corrected chi connectivity index (χ4v) is 3.69. The van der Waals surface area contributed by atoms with Gasteiger partial charge in [0.05, 0.1) is 9.89 Å². The van der Waals surface area contributed by atoms with Crippen LogP contribution in [-0.2, 0) is 11.8 Å². The molecule has 0 bridgehead atoms. The average molecular weight is 422 g/mol. The Morgan fingerprint density at radius 1 is 1.20 bits per heavy atom. The van der Waals surface area contributed by atoms with Gasteiger partial charge in [0.1, 0.15) is 11.4 Å². The number of benzene rings is 1. The molecule has 2 unspecified atom stereocenters. The maximum Gasteiger partial charge on any atom is 0.416 e. The van der Waals surface area contributed by atoms with E-state index in [0.717, 1.165) is 12.1 Å². The summed E-state index contributed by atoms with van der Waals surface area (Å²) in [6, 6.07) is 2.13. The van der Waals surface area contributed by atoms with Gasteiger partial charge >= 0.3 is 6.18 Å². The van der Waals surface area contributed by atoms with E-state index >= 15 is 0 Å². The van der Waals surface area contributed by atoms with Crippen molar-refractivity contribution in [2.45, 2.75) is 41.7 Å². The van der Waals surface area contributed by atoms with Crippen molar-refractivity contribution in [2.24, 2.45) is 0 Å². The summed E-state index contributed by atoms with van der Waals surface area (Å²) < 4.78 is 50.7. The SMILES string of the molecule is CC(Br)C(O)(c1ccc(C(F)(F)F)cc1F)C(C)(C)Br. The van der Waals surface area contributed by atoms with E-state index in [1.165, 1.54) is 0 Å². The molecule has 0 saturated heterocycles. The number of aliphatic hydroxyl groups is 1. The lowest BCUT2D eigenvalue weighted by Crippen LogP contribution is -2.49. The molecular weight excluding hydrogens is 408 g/mol. The van der Waals surface area contributed by atoms with Crippen LogP contribution in [0, 0.1) is 5.82 Å². The Labute approximate surface area is 131 Å². The third-order valence-electron chi connectivity index (χ3n) is 3.19. The van der Waals surface area contributed by atoms with Gasteiger partial charge in [-0.25, -0.2) is 4.39 Å². The molecule has 1 nitrogen and oxygen atoms in total. The molecule has 1 N–H and O–H groups in total. The minimum Gasteiger partial charge on any atom is -0.382 e. The van der Waals surface area contributed by atoms with Gasteiger partial charge in [-0.1, -0.05) is 37.9 Å². The van der Waals surface area contributed by atoms with Gasteiger partial charge in [0.15, 0.2) is 0 Å². The summed E-state index contributed by atoms with van der Waals surface area (Å²) in [4.78, 5) is -0.587. The zero-order valence-corrected chi connectivity index (χ0v) is 14.2. The average Bonchev–Trinajstić information content (AvgIpc) is 2.24. The van der Waals surface area contributed by atoms with E-state index < -0.39 is 32.3 Å². The summed E-state index contributed by atoms with van der Waals surface area (Å²) in [5.74, 6) is -1.10. The van der Waals surface area contributed by atoms with Gasteiger partial charge < -0.3 is 5.11 Å². The van der Waals surface area contributed by atoms with E-state index in [9.17, 15) is 22.7 Å². The normalized spacial score (nSPS) is 17.7. The summed E-state index contributed by atoms with van der Waals surface area (Å²) in [6.07, 6.45) is -4.62. The minimum absolute atomic E-state index is 0.197. The molecule has 0 amide bonds. The molecule has 0 saturated carbocycles. The summed E-state index contributed by atoms with van der Waals surface area (Å²) in [5.41, 5.74) is -3.01. The zero-order valence-electron chi connectivity index (χ0n) is 11.0. The van der Waals surface area contributed by atoms with Crippen LogP contribution in [0.15, 0.2) is 18.2 Å². The highest BCUT2D eigenvalue weighted by atomic mass is 79.9. The molecule has 0 spiro atoms. The van der Waals surface area contributed by atoms with E-state index in [-0.39, 0.29) is 5.56 Å². The van der Waals surface area contributed by atoms with Gasteiger partial charge in [0.25, 0.3) is 0 Å². The van der Waals surface area contributed by atoms with Crippen molar-refractivity contribution in [3.8, 4) is 0 Å². The lowest BCUT2D eigenvalue weighted by molar-refractivity contribution is -0.137. The van der Waals surface area contributed by atoms with Crippen LogP contribution in [-0.4, -0.2) is 14.3 Å². The first-order valence-electron chi connectivity index (χ1n) is 5.74. The van der Waals surface area contributed by atoms with Crippen molar-refractivity contribution in [1.82, 2.24) is 0 Å². The van der Waals surface area contributed by atoms with Crippen molar-refractivity contribution in [1.29, 1.82) is 0 Å². The van der Waals surface area contributed by atoms with E-state index in [0.29, 0.717) is 6.07 Å². The van der Waals surface area contributed by atoms with Gasteiger partial charge in [-0.2, -0.15) is 13.2 Å². The van der Waals surface area contributed by atoms with Crippen molar-refractivity contribution in [3.63, 3.8) is 0 Å². The van der Waals surface area contributed by atoms with Crippen LogP contribution in [0.4, 0.5) is 17.6 Å². The van der Waals surface area contributed by atoms with Crippen LogP contribution in [0.3, 0.4) is 0 Å². The van der Waals surface area contributed by atoms with Gasteiger partial charge in [0.2, 0.25) is 0 Å². The van der Waals surface area contributed by atoms with Gasteiger partial charge in [-0.3, -0.25) is 0 Å². The quantitative estimate of drug-likeness (QED) is 0.538. The lowest BCUT2D eigenvalue weighted by Gasteiger charge is -2.41. The summed E-state index contributed by atoms with van der Waals surface area (Å²) in [7, 11) is 0. The van der Waals surface area contributed by atoms with E-state index in [4.69, 9.17) is 0 Å². The Morgan fingerprint density at radius 2 is 1.70 bits per heavy atom. The van der Waals surface area contributed by atoms with Crippen LogP contribution < -0.4 is 0 Å². The lowest BCUT2D eigenvalue weighted by atomic mass is 9.80. The highest BCUT2D eigenvalue weighted by Gasteiger charge is 2.48. The first-order valence-corrected chi connectivity index (χ1v) is 7.45. The maximum absolute atomic E-state index is 14.1. The van der Waals surface area contributed by atoms with E-state index in [2.05, 4.69) is 31.9 Å². The molecule has 0 heterocycles. The molecule has 1 aromatic rings. The molecule has 0 aliphatic rings. The smallest absolute Gasteiger partial charge is 0.382 e. The molecule has 0 aliphatic carbocycles. The second-order valence-electron chi connectivity index (χ2n) is 5.05. The summed E-state index contributed by atoms with van der Waals surface area (Å²) in [5, 5.41) is 10.8. The number of rotatable bonds is 3. The molecule has 0 fully saturated rings. The van der Waals surface area contributed by atoms with Crippen LogP contribution in [0.25, 0.3) is 0 Å². The van der Waals surface area contributed by atoms with Crippen LogP contribution in [0.1, 0.15) is 31.9 Å². The first kappa shape index (κ1) is 17.9. The summed E-state index contributed by atoms with van der Waals surface area (Å²) in [6.45, 7) is 4.82. The standard InChI is InChI=1S/C13H14Br2F4O/c1-7(14)12(20,11(2,3)15)9-5-4-8(6-10(9)16)13(17,18)19/h4-7,20H,1-3H3. The molecule has 20 heavy (non-hydrogen) atoms. The molecule has 0 aliphatic heterocycles. The fraction of sp³-hybridized carbons (Fsp3) is 0.538. The molecule has 0 aromatic heterocycles. The van der Waals surface area contributed by atoms with Crippen molar-refractivity contribution in [3.05, 3.63) is 35.1 Å². The Bertz CT molecular complexity index is 494. The van der Waals surface area contributed by atoms with Crippen molar-refractivity contribution < 1.29 is 22.7 Å². The van der Waals surface area contributed by atoms with Gasteiger partial charge in [-0.15, -0.1) is 0 Å². The molecule has 114 valence electrons. The molecule has 2 atom stereocenters. The summed E-state index contributed by atoms with van der Waals surface area (Å²) >= 11 is 6.45. The number of hydrogen-bond donors (Lipinski definition) is 1. The number of alkyl halides is 5. The minimum atomic E-state index is -4.62. The Kier molecular flexibility index (Phi) is 4.99. The van der Waals surface area contributed by atoms with Crippen LogP contribution >= 0.6 is 31.9 Å². The third-order valence-corrected chi connectivity index (χ3v) is 4.46. The number of halogens is 6. The topological polar surface area (TPSA) is 20.2 Å². The predicted octanol–water partition coefficient (Wildman–Crippen LogP) is 4.99. The Hall–Kier alpha value is -0.140. The molecule has 1 aromatic carbocycles. The van der Waals surface area contributed by atoms with Gasteiger partial charge in [-0.05, 0) is 32.9 Å². The molecule has 7 heteroatoms. The van der Waals surface area contributed by atoms with Crippen molar-refractivity contribution in [2.75, 3.05) is 0 Å². The highest BCUT2D eigenvalue weighted by Crippen LogP contribution is 2.46. The largest absolute Gasteiger partial charge is 0.416 e. The Morgan fingerprint density at radius 3 is 2.00 bits per heavy atom. The Balaban J connectivity index is 3.46. The van der Waals surface area contributed by atoms with E-state index in [1.807, 2.05) is 0 Å². The zero-order chi connectivity index (χ0) is 15.9.